The lowest BCUT2D eigenvalue weighted by Gasteiger charge is -2.14. The second-order valence-corrected chi connectivity index (χ2v) is 4.55. The molecule has 92 valence electrons. The van der Waals surface area contributed by atoms with Gasteiger partial charge in [-0.25, -0.2) is 0 Å². The Hall–Kier alpha value is -0.850. The third-order valence-electron chi connectivity index (χ3n) is 3.16. The Kier molecular flexibility index (Phi) is 7.88. The summed E-state index contributed by atoms with van der Waals surface area (Å²) < 4.78 is 0. The molecular weight excluding hydrogens is 194 g/mol. The smallest absolute Gasteiger partial charge is 0.0360 e. The first-order valence-corrected chi connectivity index (χ1v) is 6.34. The lowest BCUT2D eigenvalue weighted by atomic mass is 9.94. The molecule has 1 nitrogen and oxygen atoms in total. The highest BCUT2D eigenvalue weighted by atomic mass is 14.7. The monoisotopic (exact) mass is 221 g/mol. The fraction of sp³-hybridized carbons (Fsp3) is 0.667. The maximum atomic E-state index is 4.35. The molecule has 16 heavy (non-hydrogen) atoms. The molecule has 0 fully saturated rings. The van der Waals surface area contributed by atoms with Crippen LogP contribution in [0.3, 0.4) is 0 Å². The summed E-state index contributed by atoms with van der Waals surface area (Å²) in [6.45, 7) is 13.0. The minimum atomic E-state index is 0.629. The fourth-order valence-corrected chi connectivity index (χ4v) is 1.76. The summed E-state index contributed by atoms with van der Waals surface area (Å²) in [6.07, 6.45) is 7.77. The predicted octanol–water partition coefficient (Wildman–Crippen LogP) is 5.14. The van der Waals surface area contributed by atoms with Gasteiger partial charge in [0.15, 0.2) is 0 Å². The zero-order valence-electron chi connectivity index (χ0n) is 11.8. The zero-order valence-corrected chi connectivity index (χ0v) is 11.8. The molecule has 0 radical (unpaired) electrons. The highest BCUT2D eigenvalue weighted by Gasteiger charge is 2.07. The highest BCUT2D eigenvalue weighted by Crippen LogP contribution is 2.22. The number of hydrogen-bond acceptors (Lipinski definition) is 1. The Morgan fingerprint density at radius 2 is 1.88 bits per heavy atom. The van der Waals surface area contributed by atoms with E-state index >= 15 is 0 Å². The van der Waals surface area contributed by atoms with Crippen molar-refractivity contribution in [2.45, 2.75) is 60.8 Å². The van der Waals surface area contributed by atoms with Crippen LogP contribution in [0, 0.1) is 5.92 Å². The van der Waals surface area contributed by atoms with Gasteiger partial charge < -0.3 is 0 Å². The summed E-state index contributed by atoms with van der Waals surface area (Å²) >= 11 is 0. The fourth-order valence-electron chi connectivity index (χ4n) is 1.76. The molecule has 1 atom stereocenters. The number of allylic oxidation sites excluding steroid dienone is 4. The summed E-state index contributed by atoms with van der Waals surface area (Å²) in [5, 5.41) is 0. The average molecular weight is 221 g/mol. The minimum absolute atomic E-state index is 0.629. The van der Waals surface area contributed by atoms with Crippen molar-refractivity contribution in [3.63, 3.8) is 0 Å². The highest BCUT2D eigenvalue weighted by molar-refractivity contribution is 5.55. The standard InChI is InChI=1S/C15H27N/c1-7-9-12(3)10-11-13(4)14(5)15(6)16-8-2/h8-9,13H,7,10-11H2,1-6H3/b12-9-,15-14+,16-8?. The van der Waals surface area contributed by atoms with Crippen LogP contribution in [0.1, 0.15) is 60.8 Å². The van der Waals surface area contributed by atoms with Crippen LogP contribution in [-0.2, 0) is 0 Å². The van der Waals surface area contributed by atoms with E-state index < -0.39 is 0 Å². The molecule has 0 bridgehead atoms. The summed E-state index contributed by atoms with van der Waals surface area (Å²) in [4.78, 5) is 4.35. The molecule has 0 saturated carbocycles. The van der Waals surface area contributed by atoms with Gasteiger partial charge in [0.05, 0.1) is 0 Å². The third-order valence-corrected chi connectivity index (χ3v) is 3.16. The van der Waals surface area contributed by atoms with E-state index in [1.165, 1.54) is 29.7 Å². The second-order valence-electron chi connectivity index (χ2n) is 4.55. The van der Waals surface area contributed by atoms with Gasteiger partial charge in [-0.15, -0.1) is 0 Å². The molecule has 0 rings (SSSR count). The van der Waals surface area contributed by atoms with E-state index in [-0.39, 0.29) is 0 Å². The van der Waals surface area contributed by atoms with E-state index in [2.05, 4.69) is 45.7 Å². The van der Waals surface area contributed by atoms with Gasteiger partial charge in [-0.1, -0.05) is 25.5 Å². The van der Waals surface area contributed by atoms with E-state index in [9.17, 15) is 0 Å². The van der Waals surface area contributed by atoms with Crippen molar-refractivity contribution in [1.29, 1.82) is 0 Å². The lowest BCUT2D eigenvalue weighted by Crippen LogP contribution is -1.99. The Bertz CT molecular complexity index is 282. The lowest BCUT2D eigenvalue weighted by molar-refractivity contribution is 0.603. The molecule has 1 unspecified atom stereocenters. The summed E-state index contributed by atoms with van der Waals surface area (Å²) in [7, 11) is 0. The van der Waals surface area contributed by atoms with Gasteiger partial charge >= 0.3 is 0 Å². The summed E-state index contributed by atoms with van der Waals surface area (Å²) in [5.41, 5.74) is 4.10. The zero-order chi connectivity index (χ0) is 12.6. The van der Waals surface area contributed by atoms with Crippen molar-refractivity contribution in [1.82, 2.24) is 0 Å². The van der Waals surface area contributed by atoms with Crippen molar-refractivity contribution < 1.29 is 0 Å². The largest absolute Gasteiger partial charge is 0.266 e. The van der Waals surface area contributed by atoms with Crippen LogP contribution >= 0.6 is 0 Å². The molecule has 1 heteroatoms. The first-order valence-electron chi connectivity index (χ1n) is 6.34. The van der Waals surface area contributed by atoms with Gasteiger partial charge in [0.1, 0.15) is 0 Å². The number of hydrogen-bond donors (Lipinski definition) is 0. The first kappa shape index (κ1) is 15.2. The van der Waals surface area contributed by atoms with Gasteiger partial charge in [0, 0.05) is 11.9 Å². The Labute approximate surface area is 101 Å². The van der Waals surface area contributed by atoms with Gasteiger partial charge in [0.25, 0.3) is 0 Å². The van der Waals surface area contributed by atoms with E-state index in [1.807, 2.05) is 13.1 Å². The van der Waals surface area contributed by atoms with Crippen molar-refractivity contribution in [2.24, 2.45) is 10.9 Å². The molecule has 0 aliphatic rings. The quantitative estimate of drug-likeness (QED) is 0.435. The molecule has 0 heterocycles. The van der Waals surface area contributed by atoms with Crippen LogP contribution in [0.2, 0.25) is 0 Å². The van der Waals surface area contributed by atoms with E-state index in [0.29, 0.717) is 5.92 Å². The van der Waals surface area contributed by atoms with Crippen LogP contribution in [0.4, 0.5) is 0 Å². The summed E-state index contributed by atoms with van der Waals surface area (Å²) in [5.74, 6) is 0.629. The van der Waals surface area contributed by atoms with Gasteiger partial charge in [-0.3, -0.25) is 4.99 Å². The van der Waals surface area contributed by atoms with Gasteiger partial charge in [-0.05, 0) is 58.4 Å². The van der Waals surface area contributed by atoms with Crippen molar-refractivity contribution >= 4 is 6.21 Å². The van der Waals surface area contributed by atoms with Crippen LogP contribution < -0.4 is 0 Å². The SMILES string of the molecule is CC=N/C(C)=C(\C)C(C)CC/C(C)=C\CC. The Morgan fingerprint density at radius 1 is 1.25 bits per heavy atom. The maximum absolute atomic E-state index is 4.35. The maximum Gasteiger partial charge on any atom is 0.0360 e. The molecule has 0 amide bonds. The average Bonchev–Trinajstić information content (AvgIpc) is 2.25. The van der Waals surface area contributed by atoms with E-state index in [0.717, 1.165) is 6.42 Å². The Balaban J connectivity index is 4.31. The van der Waals surface area contributed by atoms with Crippen molar-refractivity contribution in [3.8, 4) is 0 Å². The van der Waals surface area contributed by atoms with Crippen molar-refractivity contribution in [3.05, 3.63) is 22.9 Å². The molecule has 0 aliphatic carbocycles. The van der Waals surface area contributed by atoms with Crippen molar-refractivity contribution in [2.75, 3.05) is 0 Å². The molecule has 0 spiro atoms. The molecular formula is C15H27N. The van der Waals surface area contributed by atoms with Crippen LogP contribution in [0.25, 0.3) is 0 Å². The molecule has 0 aliphatic heterocycles. The number of aliphatic imine (C=N–C) groups is 1. The predicted molar refractivity (Wildman–Crippen MR) is 75.0 cm³/mol. The van der Waals surface area contributed by atoms with Crippen LogP contribution in [0.5, 0.6) is 0 Å². The number of nitrogens with zero attached hydrogens (tertiary/aromatic N) is 1. The summed E-state index contributed by atoms with van der Waals surface area (Å²) in [6, 6.07) is 0. The van der Waals surface area contributed by atoms with Gasteiger partial charge in [0.2, 0.25) is 0 Å². The van der Waals surface area contributed by atoms with E-state index in [4.69, 9.17) is 0 Å². The van der Waals surface area contributed by atoms with Crippen LogP contribution in [0.15, 0.2) is 27.9 Å². The minimum Gasteiger partial charge on any atom is -0.266 e. The topological polar surface area (TPSA) is 12.4 Å². The molecule has 0 aromatic heterocycles. The van der Waals surface area contributed by atoms with Gasteiger partial charge in [-0.2, -0.15) is 0 Å². The van der Waals surface area contributed by atoms with E-state index in [1.54, 1.807) is 0 Å². The first-order chi connectivity index (χ1) is 7.52. The molecule has 0 aromatic rings. The molecule has 0 aromatic carbocycles. The normalized spacial score (nSPS) is 16.5. The van der Waals surface area contributed by atoms with Crippen LogP contribution in [-0.4, -0.2) is 6.21 Å². The Morgan fingerprint density at radius 3 is 2.38 bits per heavy atom. The second kappa shape index (κ2) is 8.32. The third kappa shape index (κ3) is 5.89. The molecule has 0 N–H and O–H groups in total. The number of rotatable bonds is 6. The molecule has 0 saturated heterocycles.